The highest BCUT2D eigenvalue weighted by Gasteiger charge is 2.36. The van der Waals surface area contributed by atoms with Crippen molar-refractivity contribution in [3.63, 3.8) is 0 Å². The fraction of sp³-hybridized carbons (Fsp3) is 0.429. The second-order valence-electron chi connectivity index (χ2n) is 5.17. The molecule has 1 aromatic carbocycles. The number of carbonyl (C=O) groups is 2. The molecule has 1 saturated heterocycles. The Morgan fingerprint density at radius 1 is 1.32 bits per heavy atom. The van der Waals surface area contributed by atoms with Crippen molar-refractivity contribution in [1.82, 2.24) is 4.90 Å². The predicted octanol–water partition coefficient (Wildman–Crippen LogP) is 2.28. The van der Waals surface area contributed by atoms with E-state index < -0.39 is 5.97 Å². The van der Waals surface area contributed by atoms with Crippen LogP contribution in [0, 0.1) is 5.92 Å². The van der Waals surface area contributed by atoms with E-state index in [4.69, 9.17) is 5.11 Å². The van der Waals surface area contributed by atoms with Crippen LogP contribution in [0.25, 0.3) is 0 Å². The van der Waals surface area contributed by atoms with Crippen LogP contribution in [0.1, 0.15) is 24.2 Å². The number of rotatable bonds is 3. The van der Waals surface area contributed by atoms with E-state index in [9.17, 15) is 9.59 Å². The summed E-state index contributed by atoms with van der Waals surface area (Å²) in [5.41, 5.74) is 0.967. The maximum Gasteiger partial charge on any atom is 0.335 e. The van der Waals surface area contributed by atoms with Crippen molar-refractivity contribution in [2.75, 3.05) is 18.5 Å². The van der Waals surface area contributed by atoms with Crippen LogP contribution in [0.2, 0.25) is 0 Å². The molecule has 2 rings (SSSR count). The first kappa shape index (κ1) is 13.4. The number of urea groups is 1. The second kappa shape index (κ2) is 4.91. The Morgan fingerprint density at radius 2 is 1.89 bits per heavy atom. The van der Waals surface area contributed by atoms with Gasteiger partial charge in [0.1, 0.15) is 0 Å². The van der Waals surface area contributed by atoms with Crippen molar-refractivity contribution >= 4 is 17.7 Å². The molecule has 0 bridgehead atoms. The number of hydrogen-bond donors (Lipinski definition) is 1. The molecule has 0 spiro atoms. The summed E-state index contributed by atoms with van der Waals surface area (Å²) in [6.45, 7) is 4.82. The number of anilines is 1. The molecule has 1 aliphatic rings. The quantitative estimate of drug-likeness (QED) is 0.909. The van der Waals surface area contributed by atoms with Crippen LogP contribution >= 0.6 is 0 Å². The van der Waals surface area contributed by atoms with Crippen LogP contribution in [0.4, 0.5) is 10.5 Å². The van der Waals surface area contributed by atoms with Crippen molar-refractivity contribution in [1.29, 1.82) is 0 Å². The Morgan fingerprint density at radius 3 is 2.32 bits per heavy atom. The zero-order valence-electron chi connectivity index (χ0n) is 11.3. The highest BCUT2D eigenvalue weighted by Crippen LogP contribution is 2.26. The lowest BCUT2D eigenvalue weighted by Gasteiger charge is -2.20. The zero-order valence-corrected chi connectivity index (χ0v) is 11.3. The van der Waals surface area contributed by atoms with E-state index in [1.54, 1.807) is 29.0 Å². The average Bonchev–Trinajstić information content (AvgIpc) is 2.67. The van der Waals surface area contributed by atoms with Gasteiger partial charge in [-0.05, 0) is 30.2 Å². The van der Waals surface area contributed by atoms with Crippen molar-refractivity contribution in [2.24, 2.45) is 5.92 Å². The summed E-state index contributed by atoms with van der Waals surface area (Å²) < 4.78 is 0. The first-order valence-electron chi connectivity index (χ1n) is 6.29. The third-order valence-electron chi connectivity index (χ3n) is 3.60. The highest BCUT2D eigenvalue weighted by molar-refractivity contribution is 5.95. The van der Waals surface area contributed by atoms with Gasteiger partial charge in [-0.15, -0.1) is 0 Å². The van der Waals surface area contributed by atoms with Crippen LogP contribution in [-0.4, -0.2) is 41.6 Å². The van der Waals surface area contributed by atoms with Gasteiger partial charge in [-0.1, -0.05) is 13.8 Å². The topological polar surface area (TPSA) is 60.9 Å². The van der Waals surface area contributed by atoms with Gasteiger partial charge >= 0.3 is 12.0 Å². The lowest BCUT2D eigenvalue weighted by atomic mass is 10.0. The molecule has 1 unspecified atom stereocenters. The monoisotopic (exact) mass is 262 g/mol. The number of carboxylic acid groups (broad SMARTS) is 1. The Labute approximate surface area is 112 Å². The lowest BCUT2D eigenvalue weighted by Crippen LogP contribution is -2.33. The summed E-state index contributed by atoms with van der Waals surface area (Å²) in [6.07, 6.45) is 0. The summed E-state index contributed by atoms with van der Waals surface area (Å²) in [6, 6.07) is 6.55. The predicted molar refractivity (Wildman–Crippen MR) is 72.5 cm³/mol. The van der Waals surface area contributed by atoms with E-state index in [2.05, 4.69) is 13.8 Å². The van der Waals surface area contributed by atoms with Crippen molar-refractivity contribution < 1.29 is 14.7 Å². The Balaban J connectivity index is 2.23. The SMILES string of the molecule is CC(C)C1CN(c2ccc(C(=O)O)cc2)C(=O)N1C. The number of likely N-dealkylation sites (N-methyl/N-ethyl adjacent to an activating group) is 1. The van der Waals surface area contributed by atoms with Gasteiger partial charge in [-0.2, -0.15) is 0 Å². The molecule has 0 aromatic heterocycles. The van der Waals surface area contributed by atoms with E-state index in [-0.39, 0.29) is 17.6 Å². The summed E-state index contributed by atoms with van der Waals surface area (Å²) in [5.74, 6) is -0.575. The third kappa shape index (κ3) is 2.41. The van der Waals surface area contributed by atoms with Crippen molar-refractivity contribution in [3.8, 4) is 0 Å². The minimum absolute atomic E-state index is 0.0400. The number of amides is 2. The number of aromatic carboxylic acids is 1. The first-order chi connectivity index (χ1) is 8.91. The Hall–Kier alpha value is -2.04. The average molecular weight is 262 g/mol. The smallest absolute Gasteiger partial charge is 0.335 e. The Bertz CT molecular complexity index is 496. The molecule has 102 valence electrons. The molecule has 1 aliphatic heterocycles. The molecule has 1 heterocycles. The van der Waals surface area contributed by atoms with Crippen molar-refractivity contribution in [3.05, 3.63) is 29.8 Å². The molecule has 0 aliphatic carbocycles. The van der Waals surface area contributed by atoms with Crippen LogP contribution in [0.15, 0.2) is 24.3 Å². The van der Waals surface area contributed by atoms with Gasteiger partial charge in [0.2, 0.25) is 0 Å². The van der Waals surface area contributed by atoms with E-state index in [1.807, 2.05) is 0 Å². The molecule has 0 radical (unpaired) electrons. The Kier molecular flexibility index (Phi) is 3.46. The maximum atomic E-state index is 12.2. The number of carboxylic acids is 1. The molecule has 5 nitrogen and oxygen atoms in total. The molecule has 1 N–H and O–H groups in total. The summed E-state index contributed by atoms with van der Waals surface area (Å²) in [5, 5.41) is 8.86. The zero-order chi connectivity index (χ0) is 14.2. The van der Waals surface area contributed by atoms with Gasteiger partial charge in [-0.3, -0.25) is 4.90 Å². The van der Waals surface area contributed by atoms with Crippen LogP contribution < -0.4 is 4.90 Å². The molecular formula is C14H18N2O3. The fourth-order valence-corrected chi connectivity index (χ4v) is 2.38. The van der Waals surface area contributed by atoms with E-state index in [0.29, 0.717) is 12.5 Å². The molecule has 1 aromatic rings. The van der Waals surface area contributed by atoms with E-state index in [1.165, 1.54) is 12.1 Å². The minimum atomic E-state index is -0.962. The number of carbonyl (C=O) groups excluding carboxylic acids is 1. The van der Waals surface area contributed by atoms with Crippen molar-refractivity contribution in [2.45, 2.75) is 19.9 Å². The summed E-state index contributed by atoms with van der Waals surface area (Å²) in [4.78, 5) is 26.4. The molecule has 5 heteroatoms. The first-order valence-corrected chi connectivity index (χ1v) is 6.29. The van der Waals surface area contributed by atoms with Gasteiger partial charge in [0.25, 0.3) is 0 Å². The van der Waals surface area contributed by atoms with E-state index in [0.717, 1.165) is 5.69 Å². The summed E-state index contributed by atoms with van der Waals surface area (Å²) >= 11 is 0. The third-order valence-corrected chi connectivity index (χ3v) is 3.60. The van der Waals surface area contributed by atoms with Gasteiger partial charge in [0.15, 0.2) is 0 Å². The number of nitrogens with zero attached hydrogens (tertiary/aromatic N) is 2. The van der Waals surface area contributed by atoms with Crippen LogP contribution in [0.3, 0.4) is 0 Å². The normalized spacial score (nSPS) is 19.4. The number of benzene rings is 1. The molecule has 0 saturated carbocycles. The highest BCUT2D eigenvalue weighted by atomic mass is 16.4. The van der Waals surface area contributed by atoms with Gasteiger partial charge < -0.3 is 10.0 Å². The van der Waals surface area contributed by atoms with E-state index >= 15 is 0 Å². The lowest BCUT2D eigenvalue weighted by molar-refractivity contribution is 0.0697. The summed E-state index contributed by atoms with van der Waals surface area (Å²) in [7, 11) is 1.80. The molecular weight excluding hydrogens is 244 g/mol. The maximum absolute atomic E-state index is 12.2. The molecule has 2 amide bonds. The van der Waals surface area contributed by atoms with Crippen LogP contribution in [0.5, 0.6) is 0 Å². The number of hydrogen-bond acceptors (Lipinski definition) is 2. The van der Waals surface area contributed by atoms with Gasteiger partial charge in [0.05, 0.1) is 11.6 Å². The van der Waals surface area contributed by atoms with Crippen LogP contribution in [-0.2, 0) is 0 Å². The second-order valence-corrected chi connectivity index (χ2v) is 5.17. The van der Waals surface area contributed by atoms with Gasteiger partial charge in [0, 0.05) is 19.3 Å². The van der Waals surface area contributed by atoms with Gasteiger partial charge in [-0.25, -0.2) is 9.59 Å². The molecule has 19 heavy (non-hydrogen) atoms. The standard InChI is InChI=1S/C14H18N2O3/c1-9(2)12-8-16(14(19)15(12)3)11-6-4-10(5-7-11)13(17)18/h4-7,9,12H,8H2,1-3H3,(H,17,18). The minimum Gasteiger partial charge on any atom is -0.478 e. The molecule has 1 atom stereocenters. The molecule has 1 fully saturated rings. The fourth-order valence-electron chi connectivity index (χ4n) is 2.38. The largest absolute Gasteiger partial charge is 0.478 e.